The van der Waals surface area contributed by atoms with E-state index in [9.17, 15) is 19.1 Å². The number of fused-ring (bicyclic) bond motifs is 1. The minimum Gasteiger partial charge on any atom is -0.436 e. The van der Waals surface area contributed by atoms with Crippen LogP contribution in [0, 0.1) is 0 Å². The van der Waals surface area contributed by atoms with E-state index in [1.54, 1.807) is 34.1 Å². The Balaban J connectivity index is 1.23. The summed E-state index contributed by atoms with van der Waals surface area (Å²) in [6.07, 6.45) is 4.15. The van der Waals surface area contributed by atoms with Crippen molar-refractivity contribution in [1.82, 2.24) is 14.8 Å². The van der Waals surface area contributed by atoms with E-state index in [0.29, 0.717) is 69.1 Å². The zero-order valence-corrected chi connectivity index (χ0v) is 17.1. The van der Waals surface area contributed by atoms with Crippen LogP contribution in [0.1, 0.15) is 47.5 Å². The van der Waals surface area contributed by atoms with Crippen LogP contribution < -0.4 is 0 Å². The van der Waals surface area contributed by atoms with Gasteiger partial charge in [-0.25, -0.2) is 9.37 Å². The van der Waals surface area contributed by atoms with Crippen molar-refractivity contribution < 1.29 is 23.5 Å². The summed E-state index contributed by atoms with van der Waals surface area (Å²) in [5.41, 5.74) is 0.825. The van der Waals surface area contributed by atoms with Crippen molar-refractivity contribution >= 4 is 17.9 Å². The predicted molar refractivity (Wildman–Crippen MR) is 111 cm³/mol. The number of halogens is 1. The fourth-order valence-corrected chi connectivity index (χ4v) is 4.30. The number of carbonyl (C=O) groups is 2. The van der Waals surface area contributed by atoms with Gasteiger partial charge in [0.2, 0.25) is 5.89 Å². The molecule has 0 atom stereocenters. The van der Waals surface area contributed by atoms with Gasteiger partial charge in [-0.2, -0.15) is 0 Å². The van der Waals surface area contributed by atoms with Crippen LogP contribution in [0.3, 0.4) is 0 Å². The molecule has 3 aliphatic rings. The lowest BCUT2D eigenvalue weighted by Crippen LogP contribution is -2.58. The number of hydrogen-bond acceptors (Lipinski definition) is 5. The van der Waals surface area contributed by atoms with Crippen LogP contribution in [0.25, 0.3) is 17.5 Å². The molecule has 8 heteroatoms. The highest BCUT2D eigenvalue weighted by molar-refractivity contribution is 5.95. The van der Waals surface area contributed by atoms with E-state index in [1.807, 2.05) is 0 Å². The maximum absolute atomic E-state index is 13.4. The van der Waals surface area contributed by atoms with Crippen molar-refractivity contribution in [3.8, 4) is 11.5 Å². The average molecular weight is 425 g/mol. The zero-order chi connectivity index (χ0) is 21.6. The molecule has 1 aromatic carbocycles. The van der Waals surface area contributed by atoms with Gasteiger partial charge in [-0.15, -0.1) is 0 Å². The number of benzene rings is 1. The van der Waals surface area contributed by atoms with Crippen molar-refractivity contribution in [3.05, 3.63) is 47.1 Å². The third-order valence-electron chi connectivity index (χ3n) is 6.43. The minimum absolute atomic E-state index is 0.0993. The molecule has 1 saturated heterocycles. The lowest BCUT2D eigenvalue weighted by atomic mass is 9.79. The SMILES string of the molecule is O=C(c1ccc(-c2nc3c(o2)C=C(F)CC3)cc1)N1CCN(C(=O)C2(O)CCC2)CC1. The molecule has 0 bridgehead atoms. The second-order valence-corrected chi connectivity index (χ2v) is 8.47. The number of aromatic nitrogens is 1. The molecule has 1 aliphatic heterocycles. The highest BCUT2D eigenvalue weighted by Crippen LogP contribution is 2.34. The fourth-order valence-electron chi connectivity index (χ4n) is 4.30. The average Bonchev–Trinajstić information content (AvgIpc) is 3.20. The van der Waals surface area contributed by atoms with Gasteiger partial charge in [0.15, 0.2) is 5.76 Å². The Morgan fingerprint density at radius 3 is 2.35 bits per heavy atom. The van der Waals surface area contributed by atoms with Gasteiger partial charge in [-0.05, 0) is 49.9 Å². The third kappa shape index (κ3) is 3.65. The number of aryl methyl sites for hydroxylation is 1. The van der Waals surface area contributed by atoms with Gasteiger partial charge in [0.25, 0.3) is 11.8 Å². The Bertz CT molecular complexity index is 1050. The fraction of sp³-hybridized carbons (Fsp3) is 0.435. The van der Waals surface area contributed by atoms with Crippen molar-refractivity contribution in [2.24, 2.45) is 0 Å². The van der Waals surface area contributed by atoms with E-state index < -0.39 is 5.60 Å². The molecule has 162 valence electrons. The Hall–Kier alpha value is -3.00. The van der Waals surface area contributed by atoms with Crippen molar-refractivity contribution in [2.75, 3.05) is 26.2 Å². The second-order valence-electron chi connectivity index (χ2n) is 8.47. The molecule has 2 amide bonds. The summed E-state index contributed by atoms with van der Waals surface area (Å²) >= 11 is 0. The second kappa shape index (κ2) is 7.60. The smallest absolute Gasteiger partial charge is 0.254 e. The largest absolute Gasteiger partial charge is 0.436 e. The van der Waals surface area contributed by atoms with Crippen LogP contribution in [0.15, 0.2) is 34.5 Å². The first-order valence-corrected chi connectivity index (χ1v) is 10.7. The van der Waals surface area contributed by atoms with E-state index in [4.69, 9.17) is 4.42 Å². The molecule has 0 radical (unpaired) electrons. The van der Waals surface area contributed by atoms with Gasteiger partial charge in [-0.1, -0.05) is 0 Å². The highest BCUT2D eigenvalue weighted by Gasteiger charge is 2.45. The molecule has 2 aromatic rings. The van der Waals surface area contributed by atoms with Crippen LogP contribution in [-0.4, -0.2) is 63.5 Å². The number of aliphatic hydroxyl groups is 1. The number of rotatable bonds is 3. The van der Waals surface area contributed by atoms with Gasteiger partial charge in [0, 0.05) is 49.8 Å². The van der Waals surface area contributed by atoms with Crippen molar-refractivity contribution in [3.63, 3.8) is 0 Å². The monoisotopic (exact) mass is 425 g/mol. The van der Waals surface area contributed by atoms with Crippen LogP contribution in [0.4, 0.5) is 4.39 Å². The van der Waals surface area contributed by atoms with Crippen LogP contribution >= 0.6 is 0 Å². The van der Waals surface area contributed by atoms with Crippen LogP contribution in [0.5, 0.6) is 0 Å². The lowest BCUT2D eigenvalue weighted by Gasteiger charge is -2.42. The Kier molecular flexibility index (Phi) is 4.89. The topological polar surface area (TPSA) is 86.9 Å². The summed E-state index contributed by atoms with van der Waals surface area (Å²) in [4.78, 5) is 33.1. The molecule has 5 rings (SSSR count). The molecule has 7 nitrogen and oxygen atoms in total. The van der Waals surface area contributed by atoms with Crippen molar-refractivity contribution in [1.29, 1.82) is 0 Å². The zero-order valence-electron chi connectivity index (χ0n) is 17.1. The Morgan fingerprint density at radius 2 is 1.71 bits per heavy atom. The summed E-state index contributed by atoms with van der Waals surface area (Å²) in [6.45, 7) is 1.73. The molecule has 1 aromatic heterocycles. The number of piperazine rings is 1. The lowest BCUT2D eigenvalue weighted by molar-refractivity contribution is -0.161. The highest BCUT2D eigenvalue weighted by atomic mass is 19.1. The molecule has 31 heavy (non-hydrogen) atoms. The number of hydrogen-bond donors (Lipinski definition) is 1. The molecular weight excluding hydrogens is 401 g/mol. The molecule has 2 fully saturated rings. The summed E-state index contributed by atoms with van der Waals surface area (Å²) in [6, 6.07) is 7.00. The summed E-state index contributed by atoms with van der Waals surface area (Å²) in [7, 11) is 0. The summed E-state index contributed by atoms with van der Waals surface area (Å²) in [5.74, 6) is 0.352. The number of allylic oxidation sites excluding steroid dienone is 1. The van der Waals surface area contributed by atoms with E-state index in [-0.39, 0.29) is 17.6 Å². The first kappa shape index (κ1) is 19.9. The number of carbonyl (C=O) groups excluding carboxylic acids is 2. The van der Waals surface area contributed by atoms with Gasteiger partial charge in [0.05, 0.1) is 5.69 Å². The van der Waals surface area contributed by atoms with Gasteiger partial charge in [0.1, 0.15) is 11.4 Å². The molecular formula is C23H24FN3O4. The first-order chi connectivity index (χ1) is 14.9. The quantitative estimate of drug-likeness (QED) is 0.817. The minimum atomic E-state index is -1.19. The number of amides is 2. The molecule has 1 saturated carbocycles. The third-order valence-corrected chi connectivity index (χ3v) is 6.43. The van der Waals surface area contributed by atoms with Gasteiger partial charge >= 0.3 is 0 Å². The molecule has 2 aliphatic carbocycles. The maximum Gasteiger partial charge on any atom is 0.254 e. The Morgan fingerprint density at radius 1 is 1.03 bits per heavy atom. The normalized spacial score (nSPS) is 20.0. The van der Waals surface area contributed by atoms with Crippen molar-refractivity contribution in [2.45, 2.75) is 37.7 Å². The predicted octanol–water partition coefficient (Wildman–Crippen LogP) is 2.80. The maximum atomic E-state index is 13.4. The number of oxazole rings is 1. The standard InChI is InChI=1S/C23H24FN3O4/c24-17-6-7-18-19(14-17)31-20(25-18)15-2-4-16(5-3-15)21(28)26-10-12-27(13-11-26)22(29)23(30)8-1-9-23/h2-5,14,30H,1,6-13H2. The van der Waals surface area contributed by atoms with Crippen LogP contribution in [-0.2, 0) is 11.2 Å². The molecule has 1 N–H and O–H groups in total. The van der Waals surface area contributed by atoms with Gasteiger partial charge in [-0.3, -0.25) is 9.59 Å². The first-order valence-electron chi connectivity index (χ1n) is 10.7. The number of nitrogens with zero attached hydrogens (tertiary/aromatic N) is 3. The van der Waals surface area contributed by atoms with E-state index in [0.717, 1.165) is 17.7 Å². The van der Waals surface area contributed by atoms with Crippen LogP contribution in [0.2, 0.25) is 0 Å². The Labute approximate surface area is 179 Å². The summed E-state index contributed by atoms with van der Waals surface area (Å²) in [5, 5.41) is 10.3. The molecule has 0 spiro atoms. The van der Waals surface area contributed by atoms with E-state index in [1.165, 1.54) is 6.08 Å². The van der Waals surface area contributed by atoms with E-state index >= 15 is 0 Å². The summed E-state index contributed by atoms with van der Waals surface area (Å²) < 4.78 is 19.1. The molecule has 2 heterocycles. The molecule has 0 unspecified atom stereocenters. The van der Waals surface area contributed by atoms with E-state index in [2.05, 4.69) is 4.98 Å². The van der Waals surface area contributed by atoms with Gasteiger partial charge < -0.3 is 19.3 Å².